The first-order chi connectivity index (χ1) is 23.4. The van der Waals surface area contributed by atoms with Gasteiger partial charge in [0.2, 0.25) is 5.71 Å². The van der Waals surface area contributed by atoms with Crippen LogP contribution in [-0.4, -0.2) is 23.0 Å². The summed E-state index contributed by atoms with van der Waals surface area (Å²) < 4.78 is 6.11. The Kier molecular flexibility index (Phi) is 12.0. The number of aryl methyl sites for hydroxylation is 2. The Labute approximate surface area is 313 Å². The van der Waals surface area contributed by atoms with Crippen LogP contribution in [0.25, 0.3) is 44.6 Å². The topological polar surface area (TPSA) is 51.8 Å². The van der Waals surface area contributed by atoms with E-state index in [9.17, 15) is 0 Å². The Morgan fingerprint density at radius 1 is 0.820 bits per heavy atom. The molecule has 0 bridgehead atoms. The van der Waals surface area contributed by atoms with E-state index in [4.69, 9.17) is 9.40 Å². The van der Waals surface area contributed by atoms with E-state index >= 15 is 0 Å². The second-order valence-electron chi connectivity index (χ2n) is 16.2. The van der Waals surface area contributed by atoms with Gasteiger partial charge in [-0.25, -0.2) is 4.98 Å². The van der Waals surface area contributed by atoms with Gasteiger partial charge in [0.15, 0.2) is 0 Å². The van der Waals surface area contributed by atoms with Crippen LogP contribution >= 0.6 is 0 Å². The van der Waals surface area contributed by atoms with Crippen LogP contribution in [0.1, 0.15) is 75.3 Å². The maximum absolute atomic E-state index is 6.11. The molecule has 1 fully saturated rings. The molecule has 4 heterocycles. The number of hydrogen-bond acceptors (Lipinski definition) is 4. The fraction of sp³-hybridized carbons (Fsp3) is 0.386. The van der Waals surface area contributed by atoms with E-state index < -0.39 is 8.07 Å². The monoisotopic (exact) mass is 858 g/mol. The van der Waals surface area contributed by atoms with Gasteiger partial charge in [-0.05, 0) is 72.3 Å². The molecule has 1 radical (unpaired) electrons. The third-order valence-corrected chi connectivity index (χ3v) is 11.7. The van der Waals surface area contributed by atoms with E-state index in [2.05, 4.69) is 106 Å². The molecule has 263 valence electrons. The van der Waals surface area contributed by atoms with E-state index in [-0.39, 0.29) is 25.5 Å². The Balaban J connectivity index is 0.000000192. The molecule has 0 aliphatic heterocycles. The molecule has 2 aromatic carbocycles. The number of pyridine rings is 3. The standard InChI is InChI=1S/C23H23N2O.C21H28NSi.Ir/c1-14-13-24-20(11-16(14)12-23(3,4)5)19-8-6-7-17-18-10-9-15(2)25-22(18)26-21(17)19;1-23(2,3)21-16-22-20(18-12-8-5-9-13-18)15-19(21)14-17-10-6-4-7-11-17;/h6-7,9-11,13H,12H2,1-5H3;5,8-9,12,15-17H,4,6-7,10-11,14H2,1-3H3;/q2*-1;. The smallest absolute Gasteiger partial charge is 0.216 e. The van der Waals surface area contributed by atoms with Crippen molar-refractivity contribution in [2.45, 2.75) is 99.2 Å². The molecule has 50 heavy (non-hydrogen) atoms. The number of furan rings is 1. The summed E-state index contributed by atoms with van der Waals surface area (Å²) in [6.45, 7) is 18.2. The van der Waals surface area contributed by atoms with Gasteiger partial charge in [0.1, 0.15) is 0 Å². The van der Waals surface area contributed by atoms with Gasteiger partial charge in [-0.3, -0.25) is 0 Å². The zero-order valence-electron chi connectivity index (χ0n) is 31.0. The van der Waals surface area contributed by atoms with Crippen molar-refractivity contribution in [1.82, 2.24) is 15.0 Å². The summed E-state index contributed by atoms with van der Waals surface area (Å²) in [4.78, 5) is 14.0. The number of fused-ring (bicyclic) bond motifs is 3. The van der Waals surface area contributed by atoms with Crippen LogP contribution in [0.3, 0.4) is 0 Å². The summed E-state index contributed by atoms with van der Waals surface area (Å²) in [6, 6.07) is 27.4. The molecular weight excluding hydrogens is 807 g/mol. The van der Waals surface area contributed by atoms with Crippen LogP contribution < -0.4 is 5.19 Å². The number of hydrogen-bond donors (Lipinski definition) is 0. The summed E-state index contributed by atoms with van der Waals surface area (Å²) >= 11 is 0. The van der Waals surface area contributed by atoms with Crippen LogP contribution in [0.4, 0.5) is 0 Å². The minimum Gasteiger partial charge on any atom is -0.486 e. The molecular formula is C44H51IrN3OSi-2. The summed E-state index contributed by atoms with van der Waals surface area (Å²) in [5.74, 6) is 0.869. The van der Waals surface area contributed by atoms with Crippen LogP contribution in [0.2, 0.25) is 19.6 Å². The molecule has 0 atom stereocenters. The summed E-state index contributed by atoms with van der Waals surface area (Å²) in [5, 5.41) is 3.63. The van der Waals surface area contributed by atoms with Gasteiger partial charge in [0, 0.05) is 43.6 Å². The molecule has 0 spiro atoms. The average molecular weight is 858 g/mol. The molecule has 4 aromatic heterocycles. The molecule has 0 amide bonds. The van der Waals surface area contributed by atoms with E-state index in [0.29, 0.717) is 5.71 Å². The minimum absolute atomic E-state index is 0. The van der Waals surface area contributed by atoms with Gasteiger partial charge in [0.25, 0.3) is 0 Å². The van der Waals surface area contributed by atoms with Crippen molar-refractivity contribution in [3.63, 3.8) is 0 Å². The Bertz CT molecular complexity index is 2050. The first-order valence-corrected chi connectivity index (χ1v) is 21.5. The van der Waals surface area contributed by atoms with Crippen LogP contribution in [0.15, 0.2) is 77.5 Å². The Morgan fingerprint density at radius 2 is 1.56 bits per heavy atom. The number of aromatic nitrogens is 3. The number of rotatable bonds is 6. The summed E-state index contributed by atoms with van der Waals surface area (Å²) in [5.41, 5.74) is 10.7. The molecule has 1 aliphatic carbocycles. The van der Waals surface area contributed by atoms with E-state index in [1.54, 1.807) is 10.8 Å². The molecule has 0 N–H and O–H groups in total. The van der Waals surface area contributed by atoms with Gasteiger partial charge >= 0.3 is 0 Å². The average Bonchev–Trinajstić information content (AvgIpc) is 3.44. The van der Waals surface area contributed by atoms with Gasteiger partial charge < -0.3 is 14.4 Å². The van der Waals surface area contributed by atoms with Crippen molar-refractivity contribution in [3.8, 4) is 22.5 Å². The van der Waals surface area contributed by atoms with Crippen LogP contribution in [0, 0.1) is 37.3 Å². The van der Waals surface area contributed by atoms with E-state index in [0.717, 1.165) is 56.9 Å². The molecule has 6 heteroatoms. The summed E-state index contributed by atoms with van der Waals surface area (Å²) in [6.07, 6.45) is 13.4. The SMILES string of the molecule is C[Si](C)(C)c1cnc(-c2[c-]cccc2)cc1CC1CCCCC1.Cc1ccc2c(n1)oc1c(-c3cc(CC(C)(C)C)c(C)cn3)[c-]ccc12.[Ir]. The third kappa shape index (κ3) is 9.07. The van der Waals surface area contributed by atoms with Crippen LogP contribution in [0.5, 0.6) is 0 Å². The zero-order valence-corrected chi connectivity index (χ0v) is 34.4. The summed E-state index contributed by atoms with van der Waals surface area (Å²) in [7, 11) is -1.36. The fourth-order valence-corrected chi connectivity index (χ4v) is 8.70. The maximum atomic E-state index is 6.11. The quantitative estimate of drug-likeness (QED) is 0.124. The number of nitrogens with zero attached hydrogens (tertiary/aromatic N) is 3. The maximum Gasteiger partial charge on any atom is 0.216 e. The second-order valence-corrected chi connectivity index (χ2v) is 21.2. The largest absolute Gasteiger partial charge is 0.486 e. The molecule has 4 nitrogen and oxygen atoms in total. The first kappa shape index (κ1) is 37.8. The predicted octanol–water partition coefficient (Wildman–Crippen LogP) is 11.3. The van der Waals surface area contributed by atoms with Gasteiger partial charge in [0.05, 0.1) is 13.7 Å². The first-order valence-electron chi connectivity index (χ1n) is 18.0. The fourth-order valence-electron chi connectivity index (χ4n) is 7.11. The van der Waals surface area contributed by atoms with Crippen molar-refractivity contribution in [1.29, 1.82) is 0 Å². The van der Waals surface area contributed by atoms with E-state index in [1.165, 1.54) is 49.7 Å². The van der Waals surface area contributed by atoms with Gasteiger partial charge in [-0.2, -0.15) is 0 Å². The van der Waals surface area contributed by atoms with Crippen molar-refractivity contribution >= 4 is 35.3 Å². The number of benzene rings is 2. The van der Waals surface area contributed by atoms with Gasteiger partial charge in [-0.15, -0.1) is 54.1 Å². The van der Waals surface area contributed by atoms with Crippen molar-refractivity contribution in [2.24, 2.45) is 11.3 Å². The second kappa shape index (κ2) is 15.8. The molecule has 0 unspecified atom stereocenters. The molecule has 6 aromatic rings. The predicted molar refractivity (Wildman–Crippen MR) is 208 cm³/mol. The zero-order chi connectivity index (χ0) is 34.8. The molecule has 0 saturated heterocycles. The van der Waals surface area contributed by atoms with Crippen LogP contribution in [-0.2, 0) is 32.9 Å². The van der Waals surface area contributed by atoms with E-state index in [1.807, 2.05) is 43.5 Å². The minimum atomic E-state index is -1.36. The van der Waals surface area contributed by atoms with Crippen molar-refractivity contribution < 1.29 is 24.5 Å². The normalized spacial score (nSPS) is 13.9. The molecule has 7 rings (SSSR count). The molecule has 1 saturated carbocycles. The van der Waals surface area contributed by atoms with Crippen molar-refractivity contribution in [3.05, 3.63) is 108 Å². The Hall–Kier alpha value is -3.44. The van der Waals surface area contributed by atoms with Gasteiger partial charge in [-0.1, -0.05) is 107 Å². The molecule has 1 aliphatic rings. The third-order valence-electron chi connectivity index (χ3n) is 9.65. The Morgan fingerprint density at radius 3 is 2.26 bits per heavy atom. The van der Waals surface area contributed by atoms with Crippen molar-refractivity contribution in [2.75, 3.05) is 0 Å².